The van der Waals surface area contributed by atoms with Gasteiger partial charge in [-0.25, -0.2) is 4.79 Å². The molecule has 0 aromatic carbocycles. The third-order valence-corrected chi connectivity index (χ3v) is 2.64. The van der Waals surface area contributed by atoms with Crippen LogP contribution >= 0.6 is 11.8 Å². The van der Waals surface area contributed by atoms with Gasteiger partial charge in [-0.1, -0.05) is 0 Å². The fourth-order valence-corrected chi connectivity index (χ4v) is 1.98. The largest absolute Gasteiger partial charge is 0.475 e. The van der Waals surface area contributed by atoms with E-state index in [4.69, 9.17) is 5.11 Å². The first kappa shape index (κ1) is 9.73. The third-order valence-electron chi connectivity index (χ3n) is 1.42. The molecule has 3 nitrogen and oxygen atoms in total. The number of thioether (sulfide) groups is 1. The molecule has 1 fully saturated rings. The monoisotopic (exact) mass is 198 g/mol. The summed E-state index contributed by atoms with van der Waals surface area (Å²) in [7, 11) is 0. The molecule has 0 aromatic rings. The molecule has 1 N–H and O–H groups in total. The Morgan fingerprint density at radius 1 is 1.67 bits per heavy atom. The molecule has 1 saturated heterocycles. The summed E-state index contributed by atoms with van der Waals surface area (Å²) in [6.07, 6.45) is -2.75. The van der Waals surface area contributed by atoms with E-state index in [9.17, 15) is 13.6 Å². The summed E-state index contributed by atoms with van der Waals surface area (Å²) in [6, 6.07) is 0. The van der Waals surface area contributed by atoms with Crippen molar-refractivity contribution < 1.29 is 23.4 Å². The molecule has 1 aliphatic rings. The first-order valence-corrected chi connectivity index (χ1v) is 4.48. The lowest BCUT2D eigenvalue weighted by molar-refractivity contribution is -0.250. The number of hydrogen-bond donors (Lipinski definition) is 1. The summed E-state index contributed by atoms with van der Waals surface area (Å²) in [6.45, 7) is 0. The second kappa shape index (κ2) is 3.57. The molecule has 0 amide bonds. The van der Waals surface area contributed by atoms with Gasteiger partial charge in [0.25, 0.3) is 0 Å². The van der Waals surface area contributed by atoms with Crippen LogP contribution in [0.3, 0.4) is 0 Å². The molecule has 0 aliphatic carbocycles. The van der Waals surface area contributed by atoms with Gasteiger partial charge in [-0.15, -0.1) is 11.8 Å². The maximum atomic E-state index is 12.4. The zero-order valence-corrected chi connectivity index (χ0v) is 6.94. The van der Waals surface area contributed by atoms with Gasteiger partial charge in [0.1, 0.15) is 5.44 Å². The lowest BCUT2D eigenvalue weighted by Gasteiger charge is -2.16. The number of rotatable bonds is 3. The number of carbonyl (C=O) groups is 1. The Kier molecular flexibility index (Phi) is 2.89. The fourth-order valence-electron chi connectivity index (χ4n) is 0.857. The lowest BCUT2D eigenvalue weighted by Crippen LogP contribution is -2.34. The number of halogens is 2. The zero-order valence-electron chi connectivity index (χ0n) is 6.13. The van der Waals surface area contributed by atoms with E-state index in [1.807, 2.05) is 0 Å². The van der Waals surface area contributed by atoms with E-state index >= 15 is 0 Å². The van der Waals surface area contributed by atoms with Crippen LogP contribution in [0.5, 0.6) is 0 Å². The quantitative estimate of drug-likeness (QED) is 0.747. The molecule has 1 heterocycles. The molecule has 0 radical (unpaired) electrons. The highest BCUT2D eigenvalue weighted by atomic mass is 32.2. The van der Waals surface area contributed by atoms with Crippen LogP contribution in [-0.2, 0) is 9.53 Å². The first-order chi connectivity index (χ1) is 5.52. The number of carboxylic acid groups (broad SMARTS) is 1. The van der Waals surface area contributed by atoms with Gasteiger partial charge in [-0.05, 0) is 18.6 Å². The van der Waals surface area contributed by atoms with E-state index in [1.165, 1.54) is 11.8 Å². The Balaban J connectivity index is 2.42. The van der Waals surface area contributed by atoms with E-state index in [-0.39, 0.29) is 0 Å². The SMILES string of the molecule is O=C(O)C(F)(F)OC1CCCS1. The molecule has 0 saturated carbocycles. The molecular weight excluding hydrogens is 190 g/mol. The van der Waals surface area contributed by atoms with Gasteiger partial charge in [0, 0.05) is 0 Å². The highest BCUT2D eigenvalue weighted by Crippen LogP contribution is 2.32. The molecule has 70 valence electrons. The second-order valence-electron chi connectivity index (χ2n) is 2.38. The smallest absolute Gasteiger partial charge is 0.456 e. The summed E-state index contributed by atoms with van der Waals surface area (Å²) in [5, 5.41) is 8.02. The minimum atomic E-state index is -4.04. The molecule has 0 aromatic heterocycles. The predicted molar refractivity (Wildman–Crippen MR) is 39.1 cm³/mol. The van der Waals surface area contributed by atoms with Gasteiger partial charge in [0.15, 0.2) is 0 Å². The Labute approximate surface area is 72.1 Å². The van der Waals surface area contributed by atoms with Crippen molar-refractivity contribution in [2.24, 2.45) is 0 Å². The van der Waals surface area contributed by atoms with Crippen molar-refractivity contribution in [2.45, 2.75) is 24.4 Å². The van der Waals surface area contributed by atoms with Crippen molar-refractivity contribution in [3.63, 3.8) is 0 Å². The lowest BCUT2D eigenvalue weighted by atomic mass is 10.4. The molecule has 1 atom stereocenters. The van der Waals surface area contributed by atoms with Gasteiger partial charge in [-0.3, -0.25) is 4.74 Å². The Bertz CT molecular complexity index is 180. The highest BCUT2D eigenvalue weighted by Gasteiger charge is 2.43. The van der Waals surface area contributed by atoms with Crippen LogP contribution in [0.15, 0.2) is 0 Å². The Morgan fingerprint density at radius 2 is 2.33 bits per heavy atom. The van der Waals surface area contributed by atoms with E-state index in [0.29, 0.717) is 6.42 Å². The van der Waals surface area contributed by atoms with Crippen molar-refractivity contribution in [2.75, 3.05) is 5.75 Å². The summed E-state index contributed by atoms with van der Waals surface area (Å²) in [4.78, 5) is 9.92. The topological polar surface area (TPSA) is 46.5 Å². The summed E-state index contributed by atoms with van der Waals surface area (Å²) >= 11 is 1.22. The Hall–Kier alpha value is -0.360. The second-order valence-corrected chi connectivity index (χ2v) is 3.65. The van der Waals surface area contributed by atoms with Gasteiger partial charge < -0.3 is 5.11 Å². The molecule has 6 heteroatoms. The van der Waals surface area contributed by atoms with Gasteiger partial charge in [-0.2, -0.15) is 8.78 Å². The summed E-state index contributed by atoms with van der Waals surface area (Å²) in [5.41, 5.74) is -0.670. The molecular formula is C6H8F2O3S. The van der Waals surface area contributed by atoms with Crippen LogP contribution in [0.25, 0.3) is 0 Å². The molecule has 1 rings (SSSR count). The zero-order chi connectivity index (χ0) is 9.19. The van der Waals surface area contributed by atoms with Crippen molar-refractivity contribution >= 4 is 17.7 Å². The van der Waals surface area contributed by atoms with E-state index in [2.05, 4.69) is 4.74 Å². The molecule has 1 unspecified atom stereocenters. The van der Waals surface area contributed by atoms with Crippen molar-refractivity contribution in [1.82, 2.24) is 0 Å². The molecule has 1 aliphatic heterocycles. The van der Waals surface area contributed by atoms with Crippen molar-refractivity contribution in [1.29, 1.82) is 0 Å². The van der Waals surface area contributed by atoms with Gasteiger partial charge in [0.2, 0.25) is 0 Å². The van der Waals surface area contributed by atoms with Crippen LogP contribution in [0.4, 0.5) is 8.78 Å². The standard InChI is InChI=1S/C6H8F2O3S/c7-6(8,5(9)10)11-4-2-1-3-12-4/h4H,1-3H2,(H,9,10). The van der Waals surface area contributed by atoms with E-state index < -0.39 is 17.5 Å². The fraction of sp³-hybridized carbons (Fsp3) is 0.833. The third kappa shape index (κ3) is 2.31. The predicted octanol–water partition coefficient (Wildman–Crippen LogP) is 1.53. The van der Waals surface area contributed by atoms with Crippen molar-refractivity contribution in [3.05, 3.63) is 0 Å². The molecule has 12 heavy (non-hydrogen) atoms. The minimum absolute atomic E-state index is 0.494. The van der Waals surface area contributed by atoms with Crippen LogP contribution < -0.4 is 0 Å². The van der Waals surface area contributed by atoms with E-state index in [1.54, 1.807) is 0 Å². The van der Waals surface area contributed by atoms with Crippen LogP contribution in [0.1, 0.15) is 12.8 Å². The van der Waals surface area contributed by atoms with Gasteiger partial charge >= 0.3 is 12.1 Å². The average Bonchev–Trinajstić information content (AvgIpc) is 2.38. The number of ether oxygens (including phenoxy) is 1. The number of alkyl halides is 2. The highest BCUT2D eigenvalue weighted by molar-refractivity contribution is 8.00. The minimum Gasteiger partial charge on any atom is -0.475 e. The van der Waals surface area contributed by atoms with Gasteiger partial charge in [0.05, 0.1) is 0 Å². The molecule has 0 spiro atoms. The number of hydrogen-bond acceptors (Lipinski definition) is 3. The number of aliphatic carboxylic acids is 1. The maximum Gasteiger partial charge on any atom is 0.456 e. The van der Waals surface area contributed by atoms with Crippen LogP contribution in [0.2, 0.25) is 0 Å². The van der Waals surface area contributed by atoms with E-state index in [0.717, 1.165) is 12.2 Å². The van der Waals surface area contributed by atoms with Crippen LogP contribution in [-0.4, -0.2) is 28.4 Å². The molecule has 0 bridgehead atoms. The normalized spacial score (nSPS) is 24.3. The average molecular weight is 198 g/mol. The van der Waals surface area contributed by atoms with Crippen LogP contribution in [0, 0.1) is 0 Å². The first-order valence-electron chi connectivity index (χ1n) is 3.43. The summed E-state index contributed by atoms with van der Waals surface area (Å²) in [5.74, 6) is -1.48. The Morgan fingerprint density at radius 3 is 2.75 bits per heavy atom. The number of carboxylic acids is 1. The summed E-state index contributed by atoms with van der Waals surface area (Å²) < 4.78 is 28.8. The maximum absolute atomic E-state index is 12.4. The van der Waals surface area contributed by atoms with Crippen molar-refractivity contribution in [3.8, 4) is 0 Å².